The number of aromatic amines is 1. The normalized spacial score (nSPS) is 17.2. The van der Waals surface area contributed by atoms with Crippen LogP contribution in [0.15, 0.2) is 36.5 Å². The van der Waals surface area contributed by atoms with Crippen LogP contribution >= 0.6 is 0 Å². The van der Waals surface area contributed by atoms with Crippen molar-refractivity contribution in [2.45, 2.75) is 25.1 Å². The minimum atomic E-state index is -4.45. The maximum absolute atomic E-state index is 12.6. The summed E-state index contributed by atoms with van der Waals surface area (Å²) in [6.07, 6.45) is -2.29. The summed E-state index contributed by atoms with van der Waals surface area (Å²) in [5.41, 5.74) is 1.97. The zero-order chi connectivity index (χ0) is 19.7. The molecule has 1 fully saturated rings. The molecule has 2 N–H and O–H groups in total. The molecule has 146 valence electrons. The van der Waals surface area contributed by atoms with E-state index in [0.29, 0.717) is 24.3 Å². The molecule has 1 aromatic carbocycles. The maximum atomic E-state index is 12.6. The van der Waals surface area contributed by atoms with E-state index in [2.05, 4.69) is 25.7 Å². The van der Waals surface area contributed by atoms with Crippen LogP contribution in [0.1, 0.15) is 17.7 Å². The van der Waals surface area contributed by atoms with Crippen molar-refractivity contribution >= 4 is 22.6 Å². The third kappa shape index (κ3) is 3.90. The van der Waals surface area contributed by atoms with Crippen LogP contribution < -0.4 is 10.2 Å². The predicted octanol–water partition coefficient (Wildman–Crippen LogP) is 2.31. The van der Waals surface area contributed by atoms with Gasteiger partial charge in [-0.2, -0.15) is 28.6 Å². The van der Waals surface area contributed by atoms with Gasteiger partial charge in [-0.15, -0.1) is 0 Å². The Balaban J connectivity index is 1.33. The molecule has 7 nitrogen and oxygen atoms in total. The van der Waals surface area contributed by atoms with Crippen molar-refractivity contribution in [2.75, 3.05) is 18.0 Å². The van der Waals surface area contributed by atoms with Gasteiger partial charge in [-0.1, -0.05) is 6.07 Å². The standard InChI is InChI=1S/C18H17F3N6O/c19-18(20,21)16-4-2-13(9-22-16)27-6-5-12(10-27)23-17(28)8-11-1-3-14-15(7-11)25-26-24-14/h1-4,7,9,12H,5-6,8,10H2,(H,23,28)(H,24,25,26)/t12-/m1/s1. The minimum absolute atomic E-state index is 0.0643. The maximum Gasteiger partial charge on any atom is 0.433 e. The van der Waals surface area contributed by atoms with E-state index in [1.165, 1.54) is 12.3 Å². The van der Waals surface area contributed by atoms with Crippen molar-refractivity contribution in [3.63, 3.8) is 0 Å². The second-order valence-electron chi connectivity index (χ2n) is 6.72. The Morgan fingerprint density at radius 3 is 2.79 bits per heavy atom. The Labute approximate surface area is 157 Å². The molecule has 4 rings (SSSR count). The highest BCUT2D eigenvalue weighted by Gasteiger charge is 2.32. The molecule has 0 aliphatic carbocycles. The van der Waals surface area contributed by atoms with Crippen molar-refractivity contribution in [1.29, 1.82) is 0 Å². The number of hydrogen-bond acceptors (Lipinski definition) is 5. The lowest BCUT2D eigenvalue weighted by Crippen LogP contribution is -2.38. The minimum Gasteiger partial charge on any atom is -0.368 e. The number of hydrogen-bond donors (Lipinski definition) is 2. The lowest BCUT2D eigenvalue weighted by Gasteiger charge is -2.19. The Morgan fingerprint density at radius 1 is 1.21 bits per heavy atom. The summed E-state index contributed by atoms with van der Waals surface area (Å²) in [5, 5.41) is 13.5. The first kappa shape index (κ1) is 18.2. The summed E-state index contributed by atoms with van der Waals surface area (Å²) in [6, 6.07) is 7.77. The van der Waals surface area contributed by atoms with Crippen molar-refractivity contribution in [2.24, 2.45) is 0 Å². The Kier molecular flexibility index (Phi) is 4.62. The number of amides is 1. The topological polar surface area (TPSA) is 86.8 Å². The number of carbonyl (C=O) groups is 1. The summed E-state index contributed by atoms with van der Waals surface area (Å²) in [6.45, 7) is 1.17. The number of pyridine rings is 1. The first-order valence-electron chi connectivity index (χ1n) is 8.75. The van der Waals surface area contributed by atoms with Gasteiger partial charge < -0.3 is 10.2 Å². The fourth-order valence-electron chi connectivity index (χ4n) is 3.31. The molecule has 1 saturated heterocycles. The van der Waals surface area contributed by atoms with Crippen LogP contribution in [0.25, 0.3) is 11.0 Å². The van der Waals surface area contributed by atoms with Crippen molar-refractivity contribution in [1.82, 2.24) is 25.7 Å². The monoisotopic (exact) mass is 390 g/mol. The molecule has 28 heavy (non-hydrogen) atoms. The van der Waals surface area contributed by atoms with Gasteiger partial charge in [-0.05, 0) is 36.2 Å². The van der Waals surface area contributed by atoms with E-state index in [9.17, 15) is 18.0 Å². The van der Waals surface area contributed by atoms with Crippen LogP contribution in [0.4, 0.5) is 18.9 Å². The molecule has 10 heteroatoms. The number of H-pyrrole nitrogens is 1. The lowest BCUT2D eigenvalue weighted by molar-refractivity contribution is -0.141. The van der Waals surface area contributed by atoms with E-state index < -0.39 is 11.9 Å². The number of carbonyl (C=O) groups excluding carboxylic acids is 1. The molecule has 0 saturated carbocycles. The second-order valence-corrected chi connectivity index (χ2v) is 6.72. The number of rotatable bonds is 4. The molecular formula is C18H17F3N6O. The quantitative estimate of drug-likeness (QED) is 0.714. The van der Waals surface area contributed by atoms with E-state index in [0.717, 1.165) is 23.6 Å². The van der Waals surface area contributed by atoms with Gasteiger partial charge in [0.2, 0.25) is 5.91 Å². The molecule has 1 atom stereocenters. The van der Waals surface area contributed by atoms with Crippen LogP contribution in [-0.4, -0.2) is 45.4 Å². The van der Waals surface area contributed by atoms with Gasteiger partial charge >= 0.3 is 6.18 Å². The zero-order valence-electron chi connectivity index (χ0n) is 14.7. The fourth-order valence-corrected chi connectivity index (χ4v) is 3.31. The van der Waals surface area contributed by atoms with Crippen LogP contribution in [-0.2, 0) is 17.4 Å². The van der Waals surface area contributed by atoms with E-state index in [4.69, 9.17) is 0 Å². The number of anilines is 1. The van der Waals surface area contributed by atoms with Crippen molar-refractivity contribution in [3.8, 4) is 0 Å². The largest absolute Gasteiger partial charge is 0.433 e. The average molecular weight is 390 g/mol. The first-order chi connectivity index (χ1) is 13.4. The summed E-state index contributed by atoms with van der Waals surface area (Å²) in [5.74, 6) is -0.111. The fraction of sp³-hybridized carbons (Fsp3) is 0.333. The van der Waals surface area contributed by atoms with Crippen LogP contribution in [0, 0.1) is 0 Å². The van der Waals surface area contributed by atoms with Crippen LogP contribution in [0.5, 0.6) is 0 Å². The number of fused-ring (bicyclic) bond motifs is 1. The molecule has 2 aromatic heterocycles. The second kappa shape index (κ2) is 7.10. The first-order valence-corrected chi connectivity index (χ1v) is 8.75. The Bertz CT molecular complexity index is 985. The Morgan fingerprint density at radius 2 is 2.04 bits per heavy atom. The van der Waals surface area contributed by atoms with Gasteiger partial charge in [0.15, 0.2) is 0 Å². The van der Waals surface area contributed by atoms with Gasteiger partial charge in [0, 0.05) is 19.1 Å². The van der Waals surface area contributed by atoms with Crippen LogP contribution in [0.3, 0.4) is 0 Å². The van der Waals surface area contributed by atoms with Crippen LogP contribution in [0.2, 0.25) is 0 Å². The lowest BCUT2D eigenvalue weighted by atomic mass is 10.1. The van der Waals surface area contributed by atoms with Crippen molar-refractivity contribution < 1.29 is 18.0 Å². The highest BCUT2D eigenvalue weighted by Crippen LogP contribution is 2.29. The van der Waals surface area contributed by atoms with E-state index >= 15 is 0 Å². The van der Waals surface area contributed by atoms with E-state index in [1.807, 2.05) is 17.0 Å². The molecule has 1 aliphatic rings. The highest BCUT2D eigenvalue weighted by molar-refractivity contribution is 5.81. The molecule has 3 heterocycles. The predicted molar refractivity (Wildman–Crippen MR) is 95.6 cm³/mol. The number of benzene rings is 1. The zero-order valence-corrected chi connectivity index (χ0v) is 14.7. The third-order valence-electron chi connectivity index (χ3n) is 4.70. The highest BCUT2D eigenvalue weighted by atomic mass is 19.4. The summed E-state index contributed by atoms with van der Waals surface area (Å²) in [4.78, 5) is 17.7. The van der Waals surface area contributed by atoms with Gasteiger partial charge in [0.05, 0.1) is 18.3 Å². The smallest absolute Gasteiger partial charge is 0.368 e. The van der Waals surface area contributed by atoms with E-state index in [-0.39, 0.29) is 18.4 Å². The summed E-state index contributed by atoms with van der Waals surface area (Å²) >= 11 is 0. The molecule has 0 spiro atoms. The third-order valence-corrected chi connectivity index (χ3v) is 4.70. The number of aromatic nitrogens is 4. The van der Waals surface area contributed by atoms with Gasteiger partial charge in [0.25, 0.3) is 0 Å². The molecule has 3 aromatic rings. The number of nitrogens with one attached hydrogen (secondary N) is 2. The number of alkyl halides is 3. The van der Waals surface area contributed by atoms with Gasteiger partial charge in [0.1, 0.15) is 16.7 Å². The number of nitrogens with zero attached hydrogens (tertiary/aromatic N) is 4. The van der Waals surface area contributed by atoms with Gasteiger partial charge in [-0.25, -0.2) is 4.98 Å². The molecule has 0 radical (unpaired) electrons. The Hall–Kier alpha value is -3.17. The molecular weight excluding hydrogens is 373 g/mol. The van der Waals surface area contributed by atoms with Gasteiger partial charge in [-0.3, -0.25) is 4.79 Å². The average Bonchev–Trinajstić information content (AvgIpc) is 3.30. The molecule has 1 aliphatic heterocycles. The van der Waals surface area contributed by atoms with Crippen molar-refractivity contribution in [3.05, 3.63) is 47.8 Å². The molecule has 0 bridgehead atoms. The van der Waals surface area contributed by atoms with E-state index in [1.54, 1.807) is 6.07 Å². The summed E-state index contributed by atoms with van der Waals surface area (Å²) in [7, 11) is 0. The molecule has 1 amide bonds. The number of halogens is 3. The summed E-state index contributed by atoms with van der Waals surface area (Å²) < 4.78 is 37.8. The SMILES string of the molecule is O=C(Cc1ccc2n[nH]nc2c1)N[C@@H]1CCN(c2ccc(C(F)(F)F)nc2)C1. The molecule has 0 unspecified atom stereocenters.